The van der Waals surface area contributed by atoms with Gasteiger partial charge >= 0.3 is 0 Å². The van der Waals surface area contributed by atoms with Gasteiger partial charge in [-0.2, -0.15) is 4.80 Å². The van der Waals surface area contributed by atoms with E-state index in [0.29, 0.717) is 33.9 Å². The summed E-state index contributed by atoms with van der Waals surface area (Å²) in [5.74, 6) is 0.446. The van der Waals surface area contributed by atoms with E-state index in [9.17, 15) is 9.18 Å². The first kappa shape index (κ1) is 16.3. The average molecular weight is 376 g/mol. The monoisotopic (exact) mass is 376 g/mol. The van der Waals surface area contributed by atoms with Crippen LogP contribution in [0, 0.1) is 12.7 Å². The normalized spacial score (nSPS) is 11.5. The third kappa shape index (κ3) is 2.64. The van der Waals surface area contributed by atoms with Crippen molar-refractivity contribution >= 4 is 22.1 Å². The maximum Gasteiger partial charge on any atom is 0.294 e. The van der Waals surface area contributed by atoms with Crippen molar-refractivity contribution in [3.8, 4) is 11.4 Å². The molecule has 0 amide bonds. The lowest BCUT2D eigenvalue weighted by atomic mass is 10.1. The van der Waals surface area contributed by atoms with Crippen LogP contribution in [0.15, 0.2) is 51.7 Å². The molecule has 3 heterocycles. The summed E-state index contributed by atoms with van der Waals surface area (Å²) in [4.78, 5) is 20.9. The smallest absolute Gasteiger partial charge is 0.294 e. The van der Waals surface area contributed by atoms with Crippen LogP contribution in [0.25, 0.3) is 33.5 Å². The zero-order valence-corrected chi connectivity index (χ0v) is 14.7. The summed E-state index contributed by atoms with van der Waals surface area (Å²) in [7, 11) is 0. The highest BCUT2D eigenvalue weighted by atomic mass is 19.1. The summed E-state index contributed by atoms with van der Waals surface area (Å²) in [6.07, 6.45) is 0. The van der Waals surface area contributed by atoms with Gasteiger partial charge in [-0.15, -0.1) is 10.2 Å². The zero-order chi connectivity index (χ0) is 19.3. The number of hydrogen-bond acceptors (Lipinski definition) is 6. The van der Waals surface area contributed by atoms with Crippen LogP contribution in [0.1, 0.15) is 11.4 Å². The molecule has 0 aliphatic rings. The Balaban J connectivity index is 1.52. The van der Waals surface area contributed by atoms with Crippen LogP contribution in [0.5, 0.6) is 0 Å². The van der Waals surface area contributed by atoms with Crippen LogP contribution >= 0.6 is 0 Å². The van der Waals surface area contributed by atoms with Crippen LogP contribution in [0.4, 0.5) is 4.39 Å². The number of nitrogens with zero attached hydrogens (tertiary/aromatic N) is 5. The second-order valence-electron chi connectivity index (χ2n) is 6.40. The lowest BCUT2D eigenvalue weighted by molar-refractivity contribution is 0.553. The Morgan fingerprint density at radius 3 is 2.93 bits per heavy atom. The largest absolute Gasteiger partial charge is 0.449 e. The fourth-order valence-corrected chi connectivity index (χ4v) is 3.07. The van der Waals surface area contributed by atoms with Crippen molar-refractivity contribution in [1.82, 2.24) is 30.2 Å². The Bertz CT molecular complexity index is 1400. The topological polar surface area (TPSA) is 102 Å². The molecule has 9 heteroatoms. The van der Waals surface area contributed by atoms with Crippen molar-refractivity contribution in [3.05, 3.63) is 70.0 Å². The Hall–Kier alpha value is -3.88. The second kappa shape index (κ2) is 6.08. The lowest BCUT2D eigenvalue weighted by Gasteiger charge is -2.00. The van der Waals surface area contributed by atoms with E-state index < -0.39 is 0 Å². The first-order chi connectivity index (χ1) is 13.6. The Morgan fingerprint density at radius 1 is 1.21 bits per heavy atom. The van der Waals surface area contributed by atoms with Gasteiger partial charge in [-0.05, 0) is 48.0 Å². The molecule has 8 nitrogen and oxygen atoms in total. The minimum Gasteiger partial charge on any atom is -0.449 e. The van der Waals surface area contributed by atoms with E-state index in [1.54, 1.807) is 25.1 Å². The van der Waals surface area contributed by atoms with E-state index in [1.165, 1.54) is 10.9 Å². The molecule has 3 aromatic heterocycles. The van der Waals surface area contributed by atoms with Gasteiger partial charge in [-0.25, -0.2) is 9.37 Å². The number of hydrogen-bond donors (Lipinski definition) is 1. The molecule has 0 bridgehead atoms. The van der Waals surface area contributed by atoms with Gasteiger partial charge in [0.2, 0.25) is 11.4 Å². The minimum atomic E-state index is -0.370. The molecule has 5 aromatic rings. The predicted molar refractivity (Wildman–Crippen MR) is 99.2 cm³/mol. The number of aromatic nitrogens is 6. The molecule has 0 aliphatic heterocycles. The molecule has 0 saturated heterocycles. The third-order valence-electron chi connectivity index (χ3n) is 4.44. The molecule has 0 unspecified atom stereocenters. The number of aryl methyl sites for hydroxylation is 1. The molecule has 28 heavy (non-hydrogen) atoms. The first-order valence-electron chi connectivity index (χ1n) is 8.53. The third-order valence-corrected chi connectivity index (χ3v) is 4.44. The summed E-state index contributed by atoms with van der Waals surface area (Å²) in [6, 6.07) is 11.9. The summed E-state index contributed by atoms with van der Waals surface area (Å²) < 4.78 is 19.0. The Labute approximate surface area is 156 Å². The van der Waals surface area contributed by atoms with Gasteiger partial charge in [0.1, 0.15) is 29.3 Å². The van der Waals surface area contributed by atoms with Crippen molar-refractivity contribution in [2.24, 2.45) is 0 Å². The zero-order valence-electron chi connectivity index (χ0n) is 14.7. The van der Waals surface area contributed by atoms with E-state index in [2.05, 4.69) is 25.4 Å². The Kier molecular flexibility index (Phi) is 3.54. The molecule has 5 rings (SSSR count). The summed E-state index contributed by atoms with van der Waals surface area (Å²) >= 11 is 0. The molecule has 0 spiro atoms. The van der Waals surface area contributed by atoms with Gasteiger partial charge in [-0.1, -0.05) is 12.1 Å². The predicted octanol–water partition coefficient (Wildman–Crippen LogP) is 2.82. The molecule has 0 atom stereocenters. The maximum absolute atomic E-state index is 13.4. The molecule has 138 valence electrons. The first-order valence-corrected chi connectivity index (χ1v) is 8.53. The van der Waals surface area contributed by atoms with Crippen LogP contribution in [0.3, 0.4) is 0 Å². The van der Waals surface area contributed by atoms with Crippen molar-refractivity contribution in [2.75, 3.05) is 0 Å². The SMILES string of the molecule is Cc1cc(-c2nnn(Cc3nc4c(oc5ccccc54)c(=O)[nH]3)n2)ccc1F. The fourth-order valence-electron chi connectivity index (χ4n) is 3.07. The number of halogens is 1. The van der Waals surface area contributed by atoms with Gasteiger partial charge in [0.15, 0.2) is 0 Å². The average Bonchev–Trinajstić information content (AvgIpc) is 3.29. The highest BCUT2D eigenvalue weighted by molar-refractivity contribution is 6.01. The van der Waals surface area contributed by atoms with Crippen LogP contribution in [-0.2, 0) is 6.54 Å². The van der Waals surface area contributed by atoms with Gasteiger partial charge < -0.3 is 9.40 Å². The van der Waals surface area contributed by atoms with Gasteiger partial charge in [0.05, 0.1) is 0 Å². The van der Waals surface area contributed by atoms with Crippen LogP contribution in [-0.4, -0.2) is 30.2 Å². The highest BCUT2D eigenvalue weighted by Crippen LogP contribution is 2.24. The number of para-hydroxylation sites is 1. The maximum atomic E-state index is 13.4. The number of tetrazole rings is 1. The summed E-state index contributed by atoms with van der Waals surface area (Å²) in [6.45, 7) is 1.79. The molecule has 1 N–H and O–H groups in total. The Morgan fingerprint density at radius 2 is 2.07 bits per heavy atom. The van der Waals surface area contributed by atoms with Gasteiger partial charge in [0, 0.05) is 10.9 Å². The number of aromatic amines is 1. The highest BCUT2D eigenvalue weighted by Gasteiger charge is 2.14. The summed E-state index contributed by atoms with van der Waals surface area (Å²) in [5.41, 5.74) is 2.05. The number of furan rings is 1. The van der Waals surface area contributed by atoms with E-state index >= 15 is 0 Å². The van der Waals surface area contributed by atoms with E-state index in [4.69, 9.17) is 4.42 Å². The number of nitrogens with one attached hydrogen (secondary N) is 1. The van der Waals surface area contributed by atoms with Gasteiger partial charge in [-0.3, -0.25) is 4.79 Å². The molecular formula is C19H13FN6O2. The number of H-pyrrole nitrogens is 1. The quantitative estimate of drug-likeness (QED) is 0.519. The minimum absolute atomic E-state index is 0.123. The van der Waals surface area contributed by atoms with Gasteiger partial charge in [0.25, 0.3) is 5.56 Å². The molecule has 2 aromatic carbocycles. The van der Waals surface area contributed by atoms with Crippen molar-refractivity contribution in [2.45, 2.75) is 13.5 Å². The second-order valence-corrected chi connectivity index (χ2v) is 6.40. The number of fused-ring (bicyclic) bond motifs is 3. The fraction of sp³-hybridized carbons (Fsp3) is 0.105. The van der Waals surface area contributed by atoms with Crippen molar-refractivity contribution in [1.29, 1.82) is 0 Å². The number of rotatable bonds is 3. The van der Waals surface area contributed by atoms with E-state index in [0.717, 1.165) is 5.39 Å². The molecular weight excluding hydrogens is 363 g/mol. The summed E-state index contributed by atoms with van der Waals surface area (Å²) in [5, 5.41) is 13.1. The molecule has 0 radical (unpaired) electrons. The number of benzene rings is 2. The molecule has 0 saturated carbocycles. The lowest BCUT2D eigenvalue weighted by Crippen LogP contribution is -2.15. The van der Waals surface area contributed by atoms with Crippen molar-refractivity contribution < 1.29 is 8.81 Å². The molecule has 0 fully saturated rings. The standard InChI is InChI=1S/C19H13FN6O2/c1-10-8-11(6-7-13(10)20)18-23-25-26(24-18)9-15-21-16-12-4-2-3-5-14(12)28-17(16)19(27)22-15/h2-8H,9H2,1H3,(H,21,22,27). The van der Waals surface area contributed by atoms with Crippen LogP contribution in [0.2, 0.25) is 0 Å². The van der Waals surface area contributed by atoms with E-state index in [1.807, 2.05) is 18.2 Å². The van der Waals surface area contributed by atoms with Crippen molar-refractivity contribution in [3.63, 3.8) is 0 Å². The molecule has 0 aliphatic carbocycles. The van der Waals surface area contributed by atoms with E-state index in [-0.39, 0.29) is 23.5 Å². The van der Waals surface area contributed by atoms with Crippen LogP contribution < -0.4 is 5.56 Å².